The van der Waals surface area contributed by atoms with Crippen LogP contribution in [0.5, 0.6) is 11.5 Å². The second kappa shape index (κ2) is 7.97. The zero-order valence-electron chi connectivity index (χ0n) is 11.6. The fraction of sp³-hybridized carbons (Fsp3) is 0.500. The fourth-order valence-electron chi connectivity index (χ4n) is 1.95. The number of aliphatic hydroxyl groups excluding tert-OH is 1. The SMILES string of the molecule is COc1ccc(C(O)CCCCC(=O)O)c(OC)c1Cl. The summed E-state index contributed by atoms with van der Waals surface area (Å²) in [4.78, 5) is 10.4. The number of carbonyl (C=O) groups is 1. The zero-order chi connectivity index (χ0) is 15.1. The maximum atomic E-state index is 10.4. The molecule has 5 nitrogen and oxygen atoms in total. The number of hydrogen-bond donors (Lipinski definition) is 2. The molecule has 0 spiro atoms. The van der Waals surface area contributed by atoms with Crippen molar-refractivity contribution in [3.05, 3.63) is 22.7 Å². The maximum absolute atomic E-state index is 10.4. The minimum atomic E-state index is -0.829. The Labute approximate surface area is 123 Å². The van der Waals surface area contributed by atoms with Gasteiger partial charge < -0.3 is 19.7 Å². The summed E-state index contributed by atoms with van der Waals surface area (Å²) >= 11 is 6.12. The number of hydrogen-bond acceptors (Lipinski definition) is 4. The molecule has 0 amide bonds. The van der Waals surface area contributed by atoms with Crippen LogP contribution in [0.2, 0.25) is 5.02 Å². The minimum Gasteiger partial charge on any atom is -0.495 e. The lowest BCUT2D eigenvalue weighted by Gasteiger charge is -2.17. The van der Waals surface area contributed by atoms with Crippen LogP contribution in [0.25, 0.3) is 0 Å². The monoisotopic (exact) mass is 302 g/mol. The zero-order valence-corrected chi connectivity index (χ0v) is 12.3. The van der Waals surface area contributed by atoms with Gasteiger partial charge in [-0.25, -0.2) is 0 Å². The van der Waals surface area contributed by atoms with Gasteiger partial charge in [-0.1, -0.05) is 11.6 Å². The number of ether oxygens (including phenoxy) is 2. The van der Waals surface area contributed by atoms with Gasteiger partial charge in [0.15, 0.2) is 0 Å². The van der Waals surface area contributed by atoms with E-state index in [-0.39, 0.29) is 6.42 Å². The Morgan fingerprint density at radius 2 is 2.00 bits per heavy atom. The molecule has 1 atom stereocenters. The first-order valence-electron chi connectivity index (χ1n) is 6.31. The summed E-state index contributed by atoms with van der Waals surface area (Å²) in [6, 6.07) is 3.37. The van der Waals surface area contributed by atoms with Gasteiger partial charge in [-0.3, -0.25) is 4.79 Å². The van der Waals surface area contributed by atoms with E-state index >= 15 is 0 Å². The van der Waals surface area contributed by atoms with Crippen LogP contribution in [0, 0.1) is 0 Å². The first-order valence-corrected chi connectivity index (χ1v) is 6.69. The quantitative estimate of drug-likeness (QED) is 0.722. The summed E-state index contributed by atoms with van der Waals surface area (Å²) in [6.07, 6.45) is 0.945. The smallest absolute Gasteiger partial charge is 0.303 e. The van der Waals surface area contributed by atoms with Crippen LogP contribution in [-0.2, 0) is 4.79 Å². The van der Waals surface area contributed by atoms with Crippen molar-refractivity contribution in [2.75, 3.05) is 14.2 Å². The number of aliphatic carboxylic acids is 1. The highest BCUT2D eigenvalue weighted by molar-refractivity contribution is 6.33. The second-order valence-corrected chi connectivity index (χ2v) is 4.74. The number of carboxylic acids is 1. The van der Waals surface area contributed by atoms with Gasteiger partial charge in [-0.2, -0.15) is 0 Å². The summed E-state index contributed by atoms with van der Waals surface area (Å²) < 4.78 is 10.3. The third kappa shape index (κ3) is 4.28. The number of halogens is 1. The molecule has 0 aromatic heterocycles. The average molecular weight is 303 g/mol. The predicted octanol–water partition coefficient (Wildman–Crippen LogP) is 3.04. The Morgan fingerprint density at radius 1 is 1.30 bits per heavy atom. The maximum Gasteiger partial charge on any atom is 0.303 e. The molecule has 0 aliphatic rings. The van der Waals surface area contributed by atoms with Crippen molar-refractivity contribution in [3.8, 4) is 11.5 Å². The summed E-state index contributed by atoms with van der Waals surface area (Å²) in [5.41, 5.74) is 0.577. The predicted molar refractivity (Wildman–Crippen MR) is 75.6 cm³/mol. The molecule has 2 N–H and O–H groups in total. The fourth-order valence-corrected chi connectivity index (χ4v) is 2.28. The Kier molecular flexibility index (Phi) is 6.61. The lowest BCUT2D eigenvalue weighted by molar-refractivity contribution is -0.137. The van der Waals surface area contributed by atoms with Gasteiger partial charge in [0.1, 0.15) is 16.5 Å². The number of unbranched alkanes of at least 4 members (excludes halogenated alkanes) is 1. The topological polar surface area (TPSA) is 76.0 Å². The molecule has 0 saturated carbocycles. The van der Waals surface area contributed by atoms with Gasteiger partial charge in [0, 0.05) is 12.0 Å². The van der Waals surface area contributed by atoms with Crippen LogP contribution in [0.3, 0.4) is 0 Å². The molecule has 0 heterocycles. The van der Waals surface area contributed by atoms with Crippen LogP contribution in [0.1, 0.15) is 37.4 Å². The molecule has 0 saturated heterocycles. The Hall–Kier alpha value is -1.46. The molecular formula is C14H19ClO5. The lowest BCUT2D eigenvalue weighted by atomic mass is 10.0. The highest BCUT2D eigenvalue weighted by Crippen LogP contribution is 2.40. The van der Waals surface area contributed by atoms with E-state index in [1.807, 2.05) is 0 Å². The molecule has 0 aliphatic carbocycles. The highest BCUT2D eigenvalue weighted by Gasteiger charge is 2.18. The van der Waals surface area contributed by atoms with Crippen molar-refractivity contribution in [2.24, 2.45) is 0 Å². The molecular weight excluding hydrogens is 284 g/mol. The highest BCUT2D eigenvalue weighted by atomic mass is 35.5. The van der Waals surface area contributed by atoms with Crippen LogP contribution >= 0.6 is 11.6 Å². The molecule has 112 valence electrons. The normalized spacial score (nSPS) is 12.0. The van der Waals surface area contributed by atoms with E-state index in [0.29, 0.717) is 41.3 Å². The van der Waals surface area contributed by atoms with Crippen molar-refractivity contribution in [1.29, 1.82) is 0 Å². The Bertz CT molecular complexity index is 461. The van der Waals surface area contributed by atoms with Gasteiger partial charge >= 0.3 is 5.97 Å². The van der Waals surface area contributed by atoms with Crippen LogP contribution < -0.4 is 9.47 Å². The summed E-state index contributed by atoms with van der Waals surface area (Å²) in [6.45, 7) is 0. The Morgan fingerprint density at radius 3 is 2.55 bits per heavy atom. The van der Waals surface area contributed by atoms with Crippen LogP contribution in [0.15, 0.2) is 12.1 Å². The number of rotatable bonds is 8. The molecule has 1 unspecified atom stereocenters. The van der Waals surface area contributed by atoms with E-state index in [9.17, 15) is 9.90 Å². The first-order chi connectivity index (χ1) is 9.51. The molecule has 1 aromatic rings. The number of methoxy groups -OCH3 is 2. The van der Waals surface area contributed by atoms with E-state index in [4.69, 9.17) is 26.2 Å². The number of carboxylic acid groups (broad SMARTS) is 1. The molecule has 0 fully saturated rings. The summed E-state index contributed by atoms with van der Waals surface area (Å²) in [7, 11) is 2.98. The summed E-state index contributed by atoms with van der Waals surface area (Å²) in [5.74, 6) is 0.0339. The van der Waals surface area contributed by atoms with Crippen LogP contribution in [-0.4, -0.2) is 30.4 Å². The molecule has 0 radical (unpaired) electrons. The summed E-state index contributed by atoms with van der Waals surface area (Å²) in [5, 5.41) is 19.0. The van der Waals surface area contributed by atoms with Crippen LogP contribution in [0.4, 0.5) is 0 Å². The van der Waals surface area contributed by atoms with Gasteiger partial charge in [0.2, 0.25) is 0 Å². The van der Waals surface area contributed by atoms with Crippen molar-refractivity contribution in [1.82, 2.24) is 0 Å². The largest absolute Gasteiger partial charge is 0.495 e. The van der Waals surface area contributed by atoms with E-state index < -0.39 is 12.1 Å². The van der Waals surface area contributed by atoms with Crippen molar-refractivity contribution in [3.63, 3.8) is 0 Å². The molecule has 1 rings (SSSR count). The van der Waals surface area contributed by atoms with Gasteiger partial charge in [-0.15, -0.1) is 0 Å². The van der Waals surface area contributed by atoms with Crippen molar-refractivity contribution in [2.45, 2.75) is 31.8 Å². The van der Waals surface area contributed by atoms with E-state index in [1.54, 1.807) is 12.1 Å². The van der Waals surface area contributed by atoms with Crippen molar-refractivity contribution >= 4 is 17.6 Å². The Balaban J connectivity index is 2.74. The van der Waals surface area contributed by atoms with E-state index in [0.717, 1.165) is 0 Å². The second-order valence-electron chi connectivity index (χ2n) is 4.36. The molecule has 20 heavy (non-hydrogen) atoms. The third-order valence-electron chi connectivity index (χ3n) is 2.99. The van der Waals surface area contributed by atoms with Crippen molar-refractivity contribution < 1.29 is 24.5 Å². The van der Waals surface area contributed by atoms with Gasteiger partial charge in [-0.05, 0) is 31.4 Å². The standard InChI is InChI=1S/C14H19ClO5/c1-19-11-8-7-9(14(20-2)13(11)15)10(16)5-3-4-6-12(17)18/h7-8,10,16H,3-6H2,1-2H3,(H,17,18). The van der Waals surface area contributed by atoms with E-state index in [1.165, 1.54) is 14.2 Å². The van der Waals surface area contributed by atoms with Gasteiger partial charge in [0.05, 0.1) is 20.3 Å². The lowest BCUT2D eigenvalue weighted by Crippen LogP contribution is -2.03. The number of aliphatic hydroxyl groups is 1. The molecule has 0 bridgehead atoms. The molecule has 6 heteroatoms. The molecule has 0 aliphatic heterocycles. The molecule has 1 aromatic carbocycles. The van der Waals surface area contributed by atoms with Gasteiger partial charge in [0.25, 0.3) is 0 Å². The minimum absolute atomic E-state index is 0.104. The number of benzene rings is 1. The average Bonchev–Trinajstić information content (AvgIpc) is 2.42. The first kappa shape index (κ1) is 16.6. The van der Waals surface area contributed by atoms with E-state index in [2.05, 4.69) is 0 Å². The third-order valence-corrected chi connectivity index (χ3v) is 3.35.